The van der Waals surface area contributed by atoms with E-state index in [9.17, 15) is 0 Å². The van der Waals surface area contributed by atoms with E-state index in [2.05, 4.69) is 236 Å². The predicted molar refractivity (Wildman–Crippen MR) is 258 cm³/mol. The maximum absolute atomic E-state index is 4.98. The van der Waals surface area contributed by atoms with Gasteiger partial charge in [0.25, 0.3) is 0 Å². The molecule has 0 N–H and O–H groups in total. The molecule has 1 aliphatic rings. The topological polar surface area (TPSA) is 27.5 Å². The summed E-state index contributed by atoms with van der Waals surface area (Å²) < 4.78 is 2.29. The van der Waals surface area contributed by atoms with E-state index in [1.54, 1.807) is 0 Å². The Balaban J connectivity index is 0.00000311. The number of nitrogens with zero attached hydrogens (tertiary/aromatic N) is 5. The minimum Gasteiger partial charge on any atom is -0.358 e. The minimum atomic E-state index is -0.0247. The molecule has 2 aromatic heterocycles. The van der Waals surface area contributed by atoms with Gasteiger partial charge < -0.3 is 26.7 Å². The van der Waals surface area contributed by atoms with Gasteiger partial charge in [0.2, 0.25) is 0 Å². The zero-order chi connectivity index (χ0) is 42.1. The van der Waals surface area contributed by atoms with Gasteiger partial charge in [0.05, 0.1) is 6.67 Å². The van der Waals surface area contributed by atoms with Crippen molar-refractivity contribution in [2.75, 3.05) is 21.4 Å². The van der Waals surface area contributed by atoms with Crippen LogP contribution in [0.4, 0.5) is 28.4 Å². The molecule has 0 atom stereocenters. The largest absolute Gasteiger partial charge is 0.358 e. The second-order valence-electron chi connectivity index (χ2n) is 20.3. The van der Waals surface area contributed by atoms with Crippen molar-refractivity contribution in [2.24, 2.45) is 0 Å². The average Bonchev–Trinajstić information content (AvgIpc) is 3.81. The number of pyridine rings is 1. The minimum absolute atomic E-state index is 0. The fourth-order valence-electron chi connectivity index (χ4n) is 7.89. The van der Waals surface area contributed by atoms with E-state index in [0.717, 1.165) is 45.0 Å². The van der Waals surface area contributed by atoms with Crippen LogP contribution in [0.15, 0.2) is 128 Å². The number of hydrogen-bond donors (Lipinski definition) is 0. The third-order valence-electron chi connectivity index (χ3n) is 11.7. The van der Waals surface area contributed by atoms with Gasteiger partial charge in [-0.3, -0.25) is 0 Å². The normalized spacial score (nSPS) is 13.4. The van der Waals surface area contributed by atoms with E-state index in [1.807, 2.05) is 6.20 Å². The van der Waals surface area contributed by atoms with Crippen molar-refractivity contribution >= 4 is 50.2 Å². The molecule has 0 unspecified atom stereocenters. The third kappa shape index (κ3) is 9.10. The Morgan fingerprint density at radius 2 is 1.15 bits per heavy atom. The van der Waals surface area contributed by atoms with Gasteiger partial charge in [0.1, 0.15) is 5.82 Å². The molecular weight excluding hydrogens is 926 g/mol. The number of aromatic nitrogens is 2. The molecule has 0 saturated heterocycles. The van der Waals surface area contributed by atoms with Crippen LogP contribution < -0.4 is 14.7 Å². The molecule has 5 aromatic carbocycles. The molecule has 7 aromatic rings. The Bertz CT molecular complexity index is 2660. The van der Waals surface area contributed by atoms with Crippen molar-refractivity contribution in [3.63, 3.8) is 0 Å². The molecule has 0 bridgehead atoms. The summed E-state index contributed by atoms with van der Waals surface area (Å²) in [5.41, 5.74) is 12.5. The molecule has 0 amide bonds. The molecule has 0 radical (unpaired) electrons. The number of benzene rings is 5. The van der Waals surface area contributed by atoms with Gasteiger partial charge in [0.15, 0.2) is 0 Å². The van der Waals surface area contributed by atoms with Gasteiger partial charge in [0, 0.05) is 56.6 Å². The molecule has 0 aliphatic carbocycles. The third-order valence-corrected chi connectivity index (χ3v) is 11.7. The summed E-state index contributed by atoms with van der Waals surface area (Å²) >= 11 is 0. The van der Waals surface area contributed by atoms with Gasteiger partial charge in [-0.2, -0.15) is 12.1 Å². The summed E-state index contributed by atoms with van der Waals surface area (Å²) in [5.74, 6) is 0.891. The number of fused-ring (bicyclic) bond motifs is 3. The molecule has 5 nitrogen and oxygen atoms in total. The Labute approximate surface area is 380 Å². The summed E-state index contributed by atoms with van der Waals surface area (Å²) in [5, 5.41) is 2.35. The monoisotopic (exact) mass is 987 g/mol. The van der Waals surface area contributed by atoms with E-state index >= 15 is 0 Å². The van der Waals surface area contributed by atoms with E-state index in [4.69, 9.17) is 4.98 Å². The van der Waals surface area contributed by atoms with Gasteiger partial charge >= 0.3 is 0 Å². The molecule has 61 heavy (non-hydrogen) atoms. The Morgan fingerprint density at radius 1 is 0.541 bits per heavy atom. The first kappa shape index (κ1) is 45.4. The van der Waals surface area contributed by atoms with Crippen LogP contribution in [0.3, 0.4) is 0 Å². The molecule has 6 heteroatoms. The summed E-state index contributed by atoms with van der Waals surface area (Å²) in [7, 11) is 0. The Kier molecular flexibility index (Phi) is 12.4. The van der Waals surface area contributed by atoms with Crippen molar-refractivity contribution in [2.45, 2.75) is 105 Å². The SMILES string of the molecule is CC(C)(C)c1cc(N2C=CN(c3[c-]c(N(c4[c-]c5c(cc4)c4cc(C(C)(C)C)ccc4n5-c4cc(C(C)(C)C)ccn4)c4ccccc4)ccc3)C2)cc(C(C)(C)C)c1.[CH3-].[Pt]. The molecule has 0 saturated carbocycles. The predicted octanol–water partition coefficient (Wildman–Crippen LogP) is 14.6. The van der Waals surface area contributed by atoms with Gasteiger partial charge in [-0.05, 0) is 91.8 Å². The average molecular weight is 988 g/mol. The fourth-order valence-corrected chi connectivity index (χ4v) is 7.89. The van der Waals surface area contributed by atoms with Crippen LogP contribution in [-0.4, -0.2) is 16.2 Å². The molecule has 1 aliphatic heterocycles. The molecule has 3 heterocycles. The van der Waals surface area contributed by atoms with E-state index in [-0.39, 0.29) is 50.2 Å². The van der Waals surface area contributed by atoms with E-state index in [0.29, 0.717) is 6.67 Å². The standard InChI is InChI=1S/C54H59N5.CH3.Pt/c1-51(2,3)37-21-24-48-47(32-37)46-23-22-44(35-49(46)59(48)50-33-38(25-26-55-50)52(4,5)6)58(41-17-14-13-15-18-41)43-20-16-19-42(34-43)56-27-28-57(36-56)45-30-39(53(7,8)9)29-40(31-45)54(10,11)12;;/h13-33H,36H2,1-12H3;1H3;/q-2;-1;. The molecular formula is C55H62N5Pt-3. The van der Waals surface area contributed by atoms with Crippen LogP contribution in [-0.2, 0) is 42.7 Å². The van der Waals surface area contributed by atoms with Crippen LogP contribution in [0.1, 0.15) is 105 Å². The van der Waals surface area contributed by atoms with Crippen LogP contribution >= 0.6 is 0 Å². The van der Waals surface area contributed by atoms with Crippen molar-refractivity contribution in [1.82, 2.24) is 9.55 Å². The van der Waals surface area contributed by atoms with Gasteiger partial charge in [-0.25, -0.2) is 4.98 Å². The quantitative estimate of drug-likeness (QED) is 0.155. The molecule has 320 valence electrons. The van der Waals surface area contributed by atoms with Crippen LogP contribution in [0.2, 0.25) is 0 Å². The maximum Gasteiger partial charge on any atom is 0.135 e. The summed E-state index contributed by atoms with van der Waals surface area (Å²) in [4.78, 5) is 11.9. The van der Waals surface area contributed by atoms with Crippen molar-refractivity contribution in [3.05, 3.63) is 170 Å². The number of hydrogen-bond acceptors (Lipinski definition) is 4. The van der Waals surface area contributed by atoms with Crippen LogP contribution in [0, 0.1) is 19.6 Å². The number of rotatable bonds is 6. The Hall–Kier alpha value is -5.12. The molecule has 0 spiro atoms. The van der Waals surface area contributed by atoms with E-state index in [1.165, 1.54) is 33.3 Å². The second kappa shape index (κ2) is 16.6. The first-order chi connectivity index (χ1) is 27.8. The van der Waals surface area contributed by atoms with Gasteiger partial charge in [-0.15, -0.1) is 35.7 Å². The van der Waals surface area contributed by atoms with Crippen molar-refractivity contribution in [3.8, 4) is 5.82 Å². The Morgan fingerprint density at radius 3 is 1.79 bits per heavy atom. The smallest absolute Gasteiger partial charge is 0.135 e. The van der Waals surface area contributed by atoms with Crippen molar-refractivity contribution in [1.29, 1.82) is 0 Å². The number of para-hydroxylation sites is 1. The molecule has 0 fully saturated rings. The molecule has 8 rings (SSSR count). The van der Waals surface area contributed by atoms with Crippen LogP contribution in [0.25, 0.3) is 27.6 Å². The maximum atomic E-state index is 4.98. The first-order valence-corrected chi connectivity index (χ1v) is 21.0. The number of anilines is 5. The fraction of sp³-hybridized carbons (Fsp3) is 0.309. The summed E-state index contributed by atoms with van der Waals surface area (Å²) in [6.07, 6.45) is 6.30. The van der Waals surface area contributed by atoms with E-state index < -0.39 is 0 Å². The summed E-state index contributed by atoms with van der Waals surface area (Å²) in [6.45, 7) is 28.0. The van der Waals surface area contributed by atoms with Gasteiger partial charge in [-0.1, -0.05) is 142 Å². The van der Waals surface area contributed by atoms with Crippen LogP contribution in [0.5, 0.6) is 0 Å². The van der Waals surface area contributed by atoms with Crippen molar-refractivity contribution < 1.29 is 21.1 Å². The zero-order valence-corrected chi connectivity index (χ0v) is 40.7. The second-order valence-corrected chi connectivity index (χ2v) is 20.3. The zero-order valence-electron chi connectivity index (χ0n) is 38.4. The summed E-state index contributed by atoms with van der Waals surface area (Å²) in [6, 6.07) is 47.6. The first-order valence-electron chi connectivity index (χ1n) is 21.0.